The number of carboxylic acid groups (broad SMARTS) is 1. The number of hydrogen-bond acceptors (Lipinski definition) is 3. The molecule has 94 valence electrons. The molecule has 1 fully saturated rings. The van der Waals surface area contributed by atoms with Crippen LogP contribution >= 0.6 is 15.9 Å². The second-order valence-electron chi connectivity index (χ2n) is 3.94. The first-order valence-corrected chi connectivity index (χ1v) is 6.15. The molecule has 1 aromatic carbocycles. The van der Waals surface area contributed by atoms with Crippen molar-refractivity contribution in [3.8, 4) is 0 Å². The number of aliphatic carboxylic acids is 1. The van der Waals surface area contributed by atoms with Gasteiger partial charge in [0.1, 0.15) is 6.04 Å². The third kappa shape index (κ3) is 2.15. The summed E-state index contributed by atoms with van der Waals surface area (Å²) < 4.78 is 0.541. The van der Waals surface area contributed by atoms with Crippen molar-refractivity contribution >= 4 is 33.7 Å². The molecule has 5 nitrogen and oxygen atoms in total. The Morgan fingerprint density at radius 3 is 2.61 bits per heavy atom. The third-order valence-electron chi connectivity index (χ3n) is 2.82. The van der Waals surface area contributed by atoms with Crippen molar-refractivity contribution in [2.45, 2.75) is 18.9 Å². The Morgan fingerprint density at radius 2 is 2.00 bits per heavy atom. The van der Waals surface area contributed by atoms with Gasteiger partial charge in [-0.3, -0.25) is 14.5 Å². The zero-order valence-corrected chi connectivity index (χ0v) is 10.9. The van der Waals surface area contributed by atoms with E-state index in [1.807, 2.05) is 0 Å². The predicted molar refractivity (Wildman–Crippen MR) is 66.0 cm³/mol. The number of halogens is 1. The summed E-state index contributed by atoms with van der Waals surface area (Å²) >= 11 is 3.21. The quantitative estimate of drug-likeness (QED) is 0.843. The van der Waals surface area contributed by atoms with E-state index in [4.69, 9.17) is 5.11 Å². The van der Waals surface area contributed by atoms with Crippen LogP contribution in [0.4, 0.5) is 0 Å². The Labute approximate surface area is 112 Å². The van der Waals surface area contributed by atoms with Crippen LogP contribution in [0.3, 0.4) is 0 Å². The van der Waals surface area contributed by atoms with Gasteiger partial charge in [0.15, 0.2) is 0 Å². The molecule has 2 amide bonds. The number of carbonyl (C=O) groups excluding carboxylic acids is 2. The first-order valence-electron chi connectivity index (χ1n) is 5.36. The molecular weight excluding hydrogens is 302 g/mol. The second-order valence-corrected chi connectivity index (χ2v) is 4.80. The highest BCUT2D eigenvalue weighted by Gasteiger charge is 2.40. The van der Waals surface area contributed by atoms with E-state index in [0.717, 1.165) is 4.90 Å². The van der Waals surface area contributed by atoms with Crippen LogP contribution in [0.1, 0.15) is 23.2 Å². The molecule has 1 aliphatic heterocycles. The first kappa shape index (κ1) is 12.8. The number of nitrogens with zero attached hydrogens (tertiary/aromatic N) is 1. The number of likely N-dealkylation sites (tertiary alicyclic amines) is 1. The summed E-state index contributed by atoms with van der Waals surface area (Å²) in [6.45, 7) is 0. The van der Waals surface area contributed by atoms with Crippen LogP contribution in [-0.4, -0.2) is 33.8 Å². The van der Waals surface area contributed by atoms with E-state index in [0.29, 0.717) is 10.0 Å². The van der Waals surface area contributed by atoms with Crippen molar-refractivity contribution in [2.75, 3.05) is 0 Å². The number of hydrogen-bond donors (Lipinski definition) is 1. The van der Waals surface area contributed by atoms with Gasteiger partial charge in [0, 0.05) is 10.9 Å². The highest BCUT2D eigenvalue weighted by molar-refractivity contribution is 9.10. The highest BCUT2D eigenvalue weighted by Crippen LogP contribution is 2.25. The van der Waals surface area contributed by atoms with Gasteiger partial charge in [-0.1, -0.05) is 12.1 Å². The lowest BCUT2D eigenvalue weighted by Gasteiger charge is -2.20. The van der Waals surface area contributed by atoms with Gasteiger partial charge in [0.05, 0.1) is 5.56 Å². The zero-order chi connectivity index (χ0) is 13.3. The normalized spacial score (nSPS) is 19.1. The molecule has 6 heteroatoms. The molecule has 1 atom stereocenters. The number of imide groups is 1. The molecule has 0 bridgehead atoms. The van der Waals surface area contributed by atoms with Crippen molar-refractivity contribution in [2.24, 2.45) is 0 Å². The SMILES string of the molecule is O=C(O)C1CCC(=O)N1C(=O)c1ccccc1Br. The Hall–Kier alpha value is -1.69. The molecule has 1 aromatic rings. The summed E-state index contributed by atoms with van der Waals surface area (Å²) in [7, 11) is 0. The molecular formula is C12H10BrNO4. The third-order valence-corrected chi connectivity index (χ3v) is 3.51. The summed E-state index contributed by atoms with van der Waals surface area (Å²) in [6.07, 6.45) is 0.261. The molecule has 0 radical (unpaired) electrons. The number of benzene rings is 1. The highest BCUT2D eigenvalue weighted by atomic mass is 79.9. The Morgan fingerprint density at radius 1 is 1.33 bits per heavy atom. The zero-order valence-electron chi connectivity index (χ0n) is 9.30. The molecule has 1 unspecified atom stereocenters. The molecule has 1 heterocycles. The van der Waals surface area contributed by atoms with Crippen molar-refractivity contribution < 1.29 is 19.5 Å². The van der Waals surface area contributed by atoms with Crippen molar-refractivity contribution in [1.82, 2.24) is 4.90 Å². The van der Waals surface area contributed by atoms with Crippen LogP contribution < -0.4 is 0 Å². The summed E-state index contributed by atoms with van der Waals surface area (Å²) in [5.41, 5.74) is 0.291. The van der Waals surface area contributed by atoms with E-state index in [2.05, 4.69) is 15.9 Å². The van der Waals surface area contributed by atoms with Gasteiger partial charge < -0.3 is 5.11 Å². The van der Waals surface area contributed by atoms with Crippen molar-refractivity contribution in [1.29, 1.82) is 0 Å². The monoisotopic (exact) mass is 311 g/mol. The van der Waals surface area contributed by atoms with E-state index in [-0.39, 0.29) is 12.8 Å². The van der Waals surface area contributed by atoms with Gasteiger partial charge in [0.25, 0.3) is 5.91 Å². The maximum atomic E-state index is 12.2. The fraction of sp³-hybridized carbons (Fsp3) is 0.250. The van der Waals surface area contributed by atoms with Crippen LogP contribution in [-0.2, 0) is 9.59 Å². The standard InChI is InChI=1S/C12H10BrNO4/c13-8-4-2-1-3-7(8)11(16)14-9(12(17)18)5-6-10(14)15/h1-4,9H,5-6H2,(H,17,18). The molecule has 0 saturated carbocycles. The van der Waals surface area contributed by atoms with Crippen molar-refractivity contribution in [3.05, 3.63) is 34.3 Å². The van der Waals surface area contributed by atoms with Crippen LogP contribution in [0.2, 0.25) is 0 Å². The number of carboxylic acids is 1. The topological polar surface area (TPSA) is 74.7 Å². The summed E-state index contributed by atoms with van der Waals surface area (Å²) in [5, 5.41) is 9.01. The molecule has 1 aliphatic rings. The fourth-order valence-electron chi connectivity index (χ4n) is 1.94. The summed E-state index contributed by atoms with van der Waals surface area (Å²) in [4.78, 5) is 35.7. The van der Waals surface area contributed by atoms with E-state index in [9.17, 15) is 14.4 Å². The maximum absolute atomic E-state index is 12.2. The van der Waals surface area contributed by atoms with Crippen LogP contribution in [0.25, 0.3) is 0 Å². The maximum Gasteiger partial charge on any atom is 0.326 e. The number of amides is 2. The summed E-state index contributed by atoms with van der Waals surface area (Å²) in [6, 6.07) is 5.56. The lowest BCUT2D eigenvalue weighted by Crippen LogP contribution is -2.43. The predicted octanol–water partition coefficient (Wildman–Crippen LogP) is 1.66. The smallest absolute Gasteiger partial charge is 0.326 e. The minimum Gasteiger partial charge on any atom is -0.480 e. The molecule has 1 N–H and O–H groups in total. The molecule has 0 aromatic heterocycles. The minimum atomic E-state index is -1.15. The molecule has 0 aliphatic carbocycles. The van der Waals surface area contributed by atoms with Crippen LogP contribution in [0.15, 0.2) is 28.7 Å². The second kappa shape index (κ2) is 4.89. The van der Waals surface area contributed by atoms with E-state index in [1.54, 1.807) is 24.3 Å². The molecule has 2 rings (SSSR count). The first-order chi connectivity index (χ1) is 8.52. The van der Waals surface area contributed by atoms with Gasteiger partial charge in [-0.25, -0.2) is 4.79 Å². The Bertz CT molecular complexity index is 529. The van der Waals surface area contributed by atoms with Gasteiger partial charge in [-0.15, -0.1) is 0 Å². The van der Waals surface area contributed by atoms with Crippen LogP contribution in [0.5, 0.6) is 0 Å². The average molecular weight is 312 g/mol. The lowest BCUT2D eigenvalue weighted by atomic mass is 10.1. The van der Waals surface area contributed by atoms with Crippen molar-refractivity contribution in [3.63, 3.8) is 0 Å². The minimum absolute atomic E-state index is 0.0904. The van der Waals surface area contributed by atoms with Gasteiger partial charge in [0.2, 0.25) is 5.91 Å². The Kier molecular flexibility index (Phi) is 3.47. The largest absolute Gasteiger partial charge is 0.480 e. The Balaban J connectivity index is 2.36. The van der Waals surface area contributed by atoms with Gasteiger partial charge in [-0.05, 0) is 34.5 Å². The van der Waals surface area contributed by atoms with E-state index < -0.39 is 23.8 Å². The average Bonchev–Trinajstić information content (AvgIpc) is 2.71. The van der Waals surface area contributed by atoms with Crippen LogP contribution in [0, 0.1) is 0 Å². The summed E-state index contributed by atoms with van der Waals surface area (Å²) in [5.74, 6) is -2.17. The molecule has 1 saturated heterocycles. The molecule has 18 heavy (non-hydrogen) atoms. The lowest BCUT2D eigenvalue weighted by molar-refractivity contribution is -0.144. The fourth-order valence-corrected chi connectivity index (χ4v) is 2.39. The number of rotatable bonds is 2. The molecule has 0 spiro atoms. The van der Waals surface area contributed by atoms with Gasteiger partial charge in [-0.2, -0.15) is 0 Å². The van der Waals surface area contributed by atoms with E-state index in [1.165, 1.54) is 0 Å². The number of carbonyl (C=O) groups is 3. The van der Waals surface area contributed by atoms with Gasteiger partial charge >= 0.3 is 5.97 Å². The van der Waals surface area contributed by atoms with E-state index >= 15 is 0 Å².